The van der Waals surface area contributed by atoms with Crippen LogP contribution in [0.25, 0.3) is 0 Å². The standard InChI is InChI=1S/C11H11Br3O5/c1-8(2)9(6(16)17)3-11(13,14)5(15)10(8,4-12)19-7(9)18/h3-4H2,1-2H3,(H,16,17)/t9-,10+/m1/s1. The summed E-state index contributed by atoms with van der Waals surface area (Å²) in [5.41, 5.74) is -4.43. The van der Waals surface area contributed by atoms with Gasteiger partial charge in [-0.15, -0.1) is 0 Å². The van der Waals surface area contributed by atoms with Crippen molar-refractivity contribution >= 4 is 65.5 Å². The fraction of sp³-hybridized carbons (Fsp3) is 0.727. The quantitative estimate of drug-likeness (QED) is 0.387. The van der Waals surface area contributed by atoms with Crippen LogP contribution in [0.2, 0.25) is 0 Å². The van der Waals surface area contributed by atoms with E-state index >= 15 is 0 Å². The van der Waals surface area contributed by atoms with Gasteiger partial charge in [0.1, 0.15) is 3.23 Å². The number of hydrogen-bond acceptors (Lipinski definition) is 4. The van der Waals surface area contributed by atoms with Crippen molar-refractivity contribution in [3.63, 3.8) is 0 Å². The minimum Gasteiger partial charge on any atom is -0.480 e. The predicted molar refractivity (Wildman–Crippen MR) is 76.7 cm³/mol. The highest BCUT2D eigenvalue weighted by atomic mass is 79.9. The van der Waals surface area contributed by atoms with Crippen LogP contribution in [0.1, 0.15) is 20.3 Å². The molecule has 1 aliphatic carbocycles. The molecule has 2 rings (SSSR count). The van der Waals surface area contributed by atoms with Crippen molar-refractivity contribution in [3.8, 4) is 0 Å². The number of Topliss-reactive ketones (excluding diaryl/α,β-unsaturated/α-hetero) is 1. The number of hydrogen-bond donors (Lipinski definition) is 1. The molecule has 1 heterocycles. The van der Waals surface area contributed by atoms with Crippen LogP contribution in [0.5, 0.6) is 0 Å². The summed E-state index contributed by atoms with van der Waals surface area (Å²) in [6, 6.07) is 0. The molecule has 5 nitrogen and oxygen atoms in total. The minimum absolute atomic E-state index is 0.0472. The summed E-state index contributed by atoms with van der Waals surface area (Å²) in [6.45, 7) is 3.17. The summed E-state index contributed by atoms with van der Waals surface area (Å²) in [5.74, 6) is -2.52. The zero-order valence-electron chi connectivity index (χ0n) is 10.1. The SMILES string of the molecule is CC1(C)[C@@]2(C(=O)O)CC(Br)(Br)C(=O)[C@]1(CBr)OC2=O. The van der Waals surface area contributed by atoms with Gasteiger partial charge in [0, 0.05) is 11.8 Å². The van der Waals surface area contributed by atoms with Crippen LogP contribution in [-0.4, -0.2) is 37.0 Å². The molecule has 2 atom stereocenters. The molecule has 106 valence electrons. The second-order valence-electron chi connectivity index (χ2n) is 5.40. The van der Waals surface area contributed by atoms with E-state index < -0.39 is 31.6 Å². The highest BCUT2D eigenvalue weighted by molar-refractivity contribution is 9.26. The lowest BCUT2D eigenvalue weighted by atomic mass is 9.53. The van der Waals surface area contributed by atoms with E-state index in [0.717, 1.165) is 0 Å². The van der Waals surface area contributed by atoms with E-state index in [1.54, 1.807) is 13.8 Å². The van der Waals surface area contributed by atoms with Gasteiger partial charge < -0.3 is 9.84 Å². The number of aliphatic carboxylic acids is 1. The Hall–Kier alpha value is 0.0500. The number of alkyl halides is 3. The molecule has 2 fully saturated rings. The van der Waals surface area contributed by atoms with E-state index in [-0.39, 0.29) is 17.5 Å². The molecular formula is C11H11Br3O5. The van der Waals surface area contributed by atoms with Crippen molar-refractivity contribution in [3.05, 3.63) is 0 Å². The lowest BCUT2D eigenvalue weighted by molar-refractivity contribution is -0.165. The number of ether oxygens (including phenoxy) is 1. The van der Waals surface area contributed by atoms with Crippen LogP contribution in [0.4, 0.5) is 0 Å². The molecule has 0 unspecified atom stereocenters. The molecule has 2 aliphatic rings. The number of ketones is 1. The first-order valence-electron chi connectivity index (χ1n) is 5.45. The first-order valence-corrected chi connectivity index (χ1v) is 8.16. The number of carboxylic acids is 1. The molecular weight excluding hydrogens is 452 g/mol. The van der Waals surface area contributed by atoms with Crippen LogP contribution < -0.4 is 0 Å². The Balaban J connectivity index is 2.80. The van der Waals surface area contributed by atoms with E-state index in [1.807, 2.05) is 0 Å². The van der Waals surface area contributed by atoms with Gasteiger partial charge in [-0.25, -0.2) is 0 Å². The second kappa shape index (κ2) is 4.04. The van der Waals surface area contributed by atoms with Gasteiger partial charge >= 0.3 is 11.9 Å². The van der Waals surface area contributed by atoms with Crippen molar-refractivity contribution in [2.24, 2.45) is 10.8 Å². The fourth-order valence-electron chi connectivity index (χ4n) is 2.99. The Bertz CT molecular complexity index is 501. The molecule has 0 aromatic rings. The number of carbonyl (C=O) groups excluding carboxylic acids is 2. The second-order valence-corrected chi connectivity index (χ2v) is 9.73. The van der Waals surface area contributed by atoms with E-state index in [9.17, 15) is 19.5 Å². The molecule has 0 amide bonds. The third-order valence-corrected chi connectivity index (χ3v) is 6.50. The Morgan fingerprint density at radius 3 is 2.32 bits per heavy atom. The first-order chi connectivity index (χ1) is 8.49. The Labute approximate surface area is 134 Å². The third kappa shape index (κ3) is 1.48. The molecule has 0 aromatic heterocycles. The van der Waals surface area contributed by atoms with E-state index in [4.69, 9.17) is 4.74 Å². The molecule has 2 bridgehead atoms. The zero-order valence-corrected chi connectivity index (χ0v) is 14.9. The molecule has 8 heteroatoms. The monoisotopic (exact) mass is 460 g/mol. The van der Waals surface area contributed by atoms with Crippen LogP contribution in [0, 0.1) is 10.8 Å². The first kappa shape index (κ1) is 15.4. The van der Waals surface area contributed by atoms with Crippen molar-refractivity contribution < 1.29 is 24.2 Å². The maximum absolute atomic E-state index is 12.6. The molecule has 0 aromatic carbocycles. The van der Waals surface area contributed by atoms with Gasteiger partial charge in [-0.05, 0) is 0 Å². The third-order valence-electron chi connectivity index (χ3n) is 4.43. The average molecular weight is 463 g/mol. The number of esters is 1. The normalized spacial score (nSPS) is 39.0. The van der Waals surface area contributed by atoms with Gasteiger partial charge in [-0.1, -0.05) is 61.6 Å². The number of rotatable bonds is 2. The topological polar surface area (TPSA) is 80.7 Å². The van der Waals surface area contributed by atoms with E-state index in [0.29, 0.717) is 0 Å². The Kier molecular flexibility index (Phi) is 3.28. The van der Waals surface area contributed by atoms with Crippen molar-refractivity contribution in [2.45, 2.75) is 29.1 Å². The van der Waals surface area contributed by atoms with Crippen molar-refractivity contribution in [2.75, 3.05) is 5.33 Å². The van der Waals surface area contributed by atoms with Gasteiger partial charge in [0.05, 0.1) is 5.33 Å². The lowest BCUT2D eigenvalue weighted by Crippen LogP contribution is -2.66. The van der Waals surface area contributed by atoms with E-state index in [2.05, 4.69) is 47.8 Å². The molecule has 1 saturated carbocycles. The molecule has 0 radical (unpaired) electrons. The molecule has 1 N–H and O–H groups in total. The van der Waals surface area contributed by atoms with Crippen LogP contribution in [0.15, 0.2) is 0 Å². The number of fused-ring (bicyclic) bond motifs is 2. The highest BCUT2D eigenvalue weighted by Gasteiger charge is 2.82. The zero-order chi connectivity index (χ0) is 14.9. The molecule has 19 heavy (non-hydrogen) atoms. The lowest BCUT2D eigenvalue weighted by Gasteiger charge is -2.49. The number of carboxylic acid groups (broad SMARTS) is 1. The van der Waals surface area contributed by atoms with Gasteiger partial charge in [0.2, 0.25) is 5.78 Å². The summed E-state index contributed by atoms with van der Waals surface area (Å²) >= 11 is 9.57. The molecule has 1 aliphatic heterocycles. The number of halogens is 3. The fourth-order valence-corrected chi connectivity index (χ4v) is 5.54. The van der Waals surface area contributed by atoms with Gasteiger partial charge in [-0.2, -0.15) is 0 Å². The maximum atomic E-state index is 12.6. The summed E-state index contributed by atoms with van der Waals surface area (Å²) in [4.78, 5) is 36.5. The van der Waals surface area contributed by atoms with Crippen molar-refractivity contribution in [1.29, 1.82) is 0 Å². The Morgan fingerprint density at radius 1 is 1.37 bits per heavy atom. The summed E-state index contributed by atoms with van der Waals surface area (Å²) in [6.07, 6.45) is -0.200. The van der Waals surface area contributed by atoms with Crippen molar-refractivity contribution in [1.82, 2.24) is 0 Å². The van der Waals surface area contributed by atoms with Crippen LogP contribution in [0.3, 0.4) is 0 Å². The molecule has 0 spiro atoms. The smallest absolute Gasteiger partial charge is 0.325 e. The van der Waals surface area contributed by atoms with Crippen LogP contribution >= 0.6 is 47.8 Å². The summed E-state index contributed by atoms with van der Waals surface area (Å²) < 4.78 is 3.99. The van der Waals surface area contributed by atoms with E-state index in [1.165, 1.54) is 0 Å². The summed E-state index contributed by atoms with van der Waals surface area (Å²) in [7, 11) is 0. The molecule has 1 saturated heterocycles. The largest absolute Gasteiger partial charge is 0.480 e. The highest BCUT2D eigenvalue weighted by Crippen LogP contribution is 2.67. The Morgan fingerprint density at radius 2 is 1.89 bits per heavy atom. The maximum Gasteiger partial charge on any atom is 0.325 e. The van der Waals surface area contributed by atoms with Gasteiger partial charge in [0.25, 0.3) is 0 Å². The van der Waals surface area contributed by atoms with Gasteiger partial charge in [-0.3, -0.25) is 14.4 Å². The predicted octanol–water partition coefficient (Wildman–Crippen LogP) is 2.23. The van der Waals surface area contributed by atoms with Crippen LogP contribution in [-0.2, 0) is 19.1 Å². The minimum atomic E-state index is -1.76. The van der Waals surface area contributed by atoms with Gasteiger partial charge in [0.15, 0.2) is 11.0 Å². The number of carbonyl (C=O) groups is 3. The average Bonchev–Trinajstić information content (AvgIpc) is 2.40. The summed E-state index contributed by atoms with van der Waals surface area (Å²) in [5, 5.41) is 9.63.